The number of non-ortho nitro benzene ring substituents is 1. The number of hydrogen-bond donors (Lipinski definition) is 1. The van der Waals surface area contributed by atoms with Crippen LogP contribution in [0.4, 0.5) is 10.1 Å². The highest BCUT2D eigenvalue weighted by molar-refractivity contribution is 7.18. The monoisotopic (exact) mass is 488 g/mol. The summed E-state index contributed by atoms with van der Waals surface area (Å²) in [4.78, 5) is 15.0. The van der Waals surface area contributed by atoms with E-state index >= 15 is 0 Å². The third-order valence-corrected chi connectivity index (χ3v) is 5.76. The summed E-state index contributed by atoms with van der Waals surface area (Å²) in [6.45, 7) is 0.656. The van der Waals surface area contributed by atoms with Crippen LogP contribution in [0.25, 0.3) is 10.2 Å². The Morgan fingerprint density at radius 3 is 2.47 bits per heavy atom. The van der Waals surface area contributed by atoms with Crippen molar-refractivity contribution < 1.29 is 30.9 Å². The lowest BCUT2D eigenvalue weighted by atomic mass is 10.1. The standard InChI is InChI=1S/C21H18FN4O2S.BrH/c22-16-3-1-15(2-4-16)13-25-9-7-14(8-10-25)11-18(23)21-24-19-6-5-17(26(27)28)12-20(19)29-21;/h1-10,12,18H,11,13,23H2;1H/q+1;/p-1. The number of benzene rings is 2. The van der Waals surface area contributed by atoms with Gasteiger partial charge in [-0.1, -0.05) is 0 Å². The van der Waals surface area contributed by atoms with E-state index < -0.39 is 4.92 Å². The Bertz CT molecular complexity index is 1170. The molecular formula is C21H18BrFN4O2S. The highest BCUT2D eigenvalue weighted by Gasteiger charge is 2.16. The fraction of sp³-hybridized carbons (Fsp3) is 0.143. The SMILES string of the molecule is NC(Cc1cc[n+](Cc2ccc(F)cc2)cc1)c1nc2ccc([N+](=O)[O-])cc2s1.[Br-]. The van der Waals surface area contributed by atoms with Crippen LogP contribution in [0.3, 0.4) is 0 Å². The highest BCUT2D eigenvalue weighted by Crippen LogP contribution is 2.29. The number of hydrogen-bond acceptors (Lipinski definition) is 5. The molecule has 2 aromatic carbocycles. The van der Waals surface area contributed by atoms with Crippen LogP contribution in [0.5, 0.6) is 0 Å². The van der Waals surface area contributed by atoms with E-state index in [0.29, 0.717) is 13.0 Å². The molecule has 2 heterocycles. The van der Waals surface area contributed by atoms with Crippen LogP contribution in [0.1, 0.15) is 22.2 Å². The van der Waals surface area contributed by atoms with Crippen LogP contribution >= 0.6 is 11.3 Å². The van der Waals surface area contributed by atoms with Crippen molar-refractivity contribution in [1.29, 1.82) is 0 Å². The average Bonchev–Trinajstić information content (AvgIpc) is 3.15. The van der Waals surface area contributed by atoms with E-state index in [9.17, 15) is 14.5 Å². The summed E-state index contributed by atoms with van der Waals surface area (Å²) >= 11 is 1.39. The van der Waals surface area contributed by atoms with Crippen LogP contribution in [-0.2, 0) is 13.0 Å². The normalized spacial score (nSPS) is 11.8. The number of nitrogens with two attached hydrogens (primary N) is 1. The van der Waals surface area contributed by atoms with Crippen LogP contribution < -0.4 is 27.3 Å². The minimum atomic E-state index is -0.413. The largest absolute Gasteiger partial charge is 1.00 e. The molecule has 6 nitrogen and oxygen atoms in total. The highest BCUT2D eigenvalue weighted by atomic mass is 79.9. The van der Waals surface area contributed by atoms with Crippen molar-refractivity contribution >= 4 is 27.2 Å². The average molecular weight is 489 g/mol. The van der Waals surface area contributed by atoms with Gasteiger partial charge in [0.15, 0.2) is 18.9 Å². The van der Waals surface area contributed by atoms with E-state index in [1.54, 1.807) is 18.2 Å². The van der Waals surface area contributed by atoms with Crippen molar-refractivity contribution in [3.05, 3.63) is 99.1 Å². The summed E-state index contributed by atoms with van der Waals surface area (Å²) in [6, 6.07) is 14.8. The van der Waals surface area contributed by atoms with Crippen LogP contribution in [0, 0.1) is 15.9 Å². The van der Waals surface area contributed by atoms with E-state index in [1.807, 2.05) is 29.1 Å². The second kappa shape index (κ2) is 9.38. The maximum atomic E-state index is 13.0. The molecule has 9 heteroatoms. The van der Waals surface area contributed by atoms with Crippen molar-refractivity contribution in [3.63, 3.8) is 0 Å². The molecule has 0 aliphatic heterocycles. The molecule has 154 valence electrons. The lowest BCUT2D eigenvalue weighted by molar-refractivity contribution is -0.688. The van der Waals surface area contributed by atoms with Gasteiger partial charge in [-0.25, -0.2) is 13.9 Å². The van der Waals surface area contributed by atoms with E-state index in [2.05, 4.69) is 4.98 Å². The second-order valence-electron chi connectivity index (χ2n) is 6.78. The Balaban J connectivity index is 0.00000256. The fourth-order valence-electron chi connectivity index (χ4n) is 3.07. The summed E-state index contributed by atoms with van der Waals surface area (Å²) in [7, 11) is 0. The molecule has 0 saturated heterocycles. The van der Waals surface area contributed by atoms with Crippen LogP contribution in [0.15, 0.2) is 67.0 Å². The Morgan fingerprint density at radius 2 is 1.80 bits per heavy atom. The lowest BCUT2D eigenvalue weighted by Gasteiger charge is -2.07. The van der Waals surface area contributed by atoms with Crippen molar-refractivity contribution in [2.75, 3.05) is 0 Å². The molecule has 0 bridgehead atoms. The van der Waals surface area contributed by atoms with Crippen LogP contribution in [-0.4, -0.2) is 9.91 Å². The second-order valence-corrected chi connectivity index (χ2v) is 7.84. The quantitative estimate of drug-likeness (QED) is 0.248. The molecule has 1 atom stereocenters. The number of nitro benzene ring substituents is 1. The Hall–Kier alpha value is -2.75. The minimum Gasteiger partial charge on any atom is -1.00 e. The number of nitrogens with zero attached hydrogens (tertiary/aromatic N) is 3. The summed E-state index contributed by atoms with van der Waals surface area (Å²) in [6.07, 6.45) is 4.54. The van der Waals surface area contributed by atoms with E-state index in [0.717, 1.165) is 26.4 Å². The lowest BCUT2D eigenvalue weighted by Crippen LogP contribution is -3.00. The molecule has 0 aliphatic carbocycles. The molecule has 4 aromatic rings. The molecule has 0 aliphatic rings. The Kier molecular flexibility index (Phi) is 6.86. The van der Waals surface area contributed by atoms with E-state index in [-0.39, 0.29) is 34.5 Å². The van der Waals surface area contributed by atoms with Crippen LogP contribution in [0.2, 0.25) is 0 Å². The summed E-state index contributed by atoms with van der Waals surface area (Å²) in [5.41, 5.74) is 9.19. The molecular weight excluding hydrogens is 471 g/mol. The van der Waals surface area contributed by atoms with Gasteiger partial charge in [0, 0.05) is 29.8 Å². The van der Waals surface area contributed by atoms with Gasteiger partial charge in [0.25, 0.3) is 5.69 Å². The van der Waals surface area contributed by atoms with Gasteiger partial charge in [0.05, 0.1) is 21.2 Å². The maximum Gasteiger partial charge on any atom is 0.270 e. The van der Waals surface area contributed by atoms with Gasteiger partial charge in [-0.3, -0.25) is 10.1 Å². The van der Waals surface area contributed by atoms with Gasteiger partial charge in [-0.15, -0.1) is 11.3 Å². The number of fused-ring (bicyclic) bond motifs is 1. The van der Waals surface area contributed by atoms with Gasteiger partial charge >= 0.3 is 0 Å². The first kappa shape index (κ1) is 21.9. The Labute approximate surface area is 186 Å². The predicted octanol–water partition coefficient (Wildman–Crippen LogP) is 0.926. The van der Waals surface area contributed by atoms with Crippen molar-refractivity contribution in [2.45, 2.75) is 19.0 Å². The van der Waals surface area contributed by atoms with E-state index in [1.165, 1.54) is 35.6 Å². The van der Waals surface area contributed by atoms with Crippen molar-refractivity contribution in [1.82, 2.24) is 4.98 Å². The summed E-state index contributed by atoms with van der Waals surface area (Å²) in [5, 5.41) is 11.7. The fourth-order valence-corrected chi connectivity index (χ4v) is 4.08. The number of nitro groups is 1. The zero-order chi connectivity index (χ0) is 20.4. The summed E-state index contributed by atoms with van der Waals surface area (Å²) in [5.74, 6) is -0.243. The maximum absolute atomic E-state index is 13.0. The number of aromatic nitrogens is 2. The van der Waals surface area contributed by atoms with Crippen molar-refractivity contribution in [3.8, 4) is 0 Å². The zero-order valence-electron chi connectivity index (χ0n) is 15.7. The minimum absolute atomic E-state index is 0. The third-order valence-electron chi connectivity index (χ3n) is 4.61. The molecule has 0 radical (unpaired) electrons. The topological polar surface area (TPSA) is 85.9 Å². The van der Waals surface area contributed by atoms with Gasteiger partial charge in [-0.2, -0.15) is 0 Å². The number of thiazole rings is 1. The summed E-state index contributed by atoms with van der Waals surface area (Å²) < 4.78 is 15.8. The first-order valence-electron chi connectivity index (χ1n) is 9.01. The van der Waals surface area contributed by atoms with Gasteiger partial charge in [-0.05, 0) is 42.3 Å². The molecule has 0 saturated carbocycles. The number of pyridine rings is 1. The molecule has 2 aromatic heterocycles. The van der Waals surface area contributed by atoms with E-state index in [4.69, 9.17) is 5.73 Å². The molecule has 1 unspecified atom stereocenters. The first-order chi connectivity index (χ1) is 14.0. The predicted molar refractivity (Wildman–Crippen MR) is 109 cm³/mol. The first-order valence-corrected chi connectivity index (χ1v) is 9.82. The molecule has 2 N–H and O–H groups in total. The van der Waals surface area contributed by atoms with Gasteiger partial charge in [0.1, 0.15) is 10.8 Å². The third kappa shape index (κ3) is 5.05. The Morgan fingerprint density at radius 1 is 1.10 bits per heavy atom. The molecule has 30 heavy (non-hydrogen) atoms. The van der Waals surface area contributed by atoms with Crippen molar-refractivity contribution in [2.24, 2.45) is 5.73 Å². The molecule has 0 amide bonds. The smallest absolute Gasteiger partial charge is 0.270 e. The molecule has 0 spiro atoms. The van der Waals surface area contributed by atoms with Gasteiger partial charge < -0.3 is 22.7 Å². The zero-order valence-corrected chi connectivity index (χ0v) is 18.1. The molecule has 4 rings (SSSR count). The van der Waals surface area contributed by atoms with Gasteiger partial charge in [0.2, 0.25) is 0 Å². The number of halogens is 2. The number of rotatable bonds is 6. The molecule has 0 fully saturated rings.